The van der Waals surface area contributed by atoms with Gasteiger partial charge in [-0.1, -0.05) is 29.8 Å². The quantitative estimate of drug-likeness (QED) is 0.369. The van der Waals surface area contributed by atoms with Gasteiger partial charge in [-0.05, 0) is 54.7 Å². The zero-order valence-electron chi connectivity index (χ0n) is 19.0. The lowest BCUT2D eigenvalue weighted by atomic mass is 9.87. The predicted octanol–water partition coefficient (Wildman–Crippen LogP) is 1.76. The molecular formula is C25H31ClO8. The van der Waals surface area contributed by atoms with E-state index in [0.717, 1.165) is 24.2 Å². The fraction of sp³-hybridized carbons (Fsp3) is 0.520. The minimum Gasteiger partial charge on any atom is -0.491 e. The number of ether oxygens (including phenoxy) is 4. The SMILES string of the molecule is COCC1OC(O)(c2ccc(Cl)c(Cc3ccc(OCCOC4CC4)cc3)c2)C(O)C(O)C1O. The Balaban J connectivity index is 1.46. The average molecular weight is 495 g/mol. The molecule has 4 N–H and O–H groups in total. The summed E-state index contributed by atoms with van der Waals surface area (Å²) in [6.07, 6.45) is -2.71. The van der Waals surface area contributed by atoms with Gasteiger partial charge >= 0.3 is 0 Å². The average Bonchev–Trinajstić information content (AvgIpc) is 3.66. The molecule has 34 heavy (non-hydrogen) atoms. The predicted molar refractivity (Wildman–Crippen MR) is 124 cm³/mol. The number of hydrogen-bond acceptors (Lipinski definition) is 8. The van der Waals surface area contributed by atoms with Crippen LogP contribution in [0, 0.1) is 0 Å². The van der Waals surface area contributed by atoms with Crippen molar-refractivity contribution >= 4 is 11.6 Å². The zero-order valence-corrected chi connectivity index (χ0v) is 19.7. The molecule has 2 aromatic rings. The highest BCUT2D eigenvalue weighted by Gasteiger charge is 2.53. The van der Waals surface area contributed by atoms with Crippen LogP contribution < -0.4 is 4.74 Å². The van der Waals surface area contributed by atoms with E-state index >= 15 is 0 Å². The first-order chi connectivity index (χ1) is 16.3. The molecule has 0 amide bonds. The van der Waals surface area contributed by atoms with Crippen LogP contribution >= 0.6 is 11.6 Å². The number of aliphatic hydroxyl groups is 4. The number of rotatable bonds is 10. The number of aliphatic hydroxyl groups excluding tert-OH is 3. The van der Waals surface area contributed by atoms with E-state index in [0.29, 0.717) is 36.3 Å². The summed E-state index contributed by atoms with van der Waals surface area (Å²) in [4.78, 5) is 0. The summed E-state index contributed by atoms with van der Waals surface area (Å²) in [5.41, 5.74) is 1.87. The second-order valence-electron chi connectivity index (χ2n) is 8.78. The lowest BCUT2D eigenvalue weighted by Crippen LogP contribution is -2.63. The minimum absolute atomic E-state index is 0.0746. The summed E-state index contributed by atoms with van der Waals surface area (Å²) in [5.74, 6) is -1.51. The van der Waals surface area contributed by atoms with Crippen molar-refractivity contribution in [3.05, 3.63) is 64.2 Å². The van der Waals surface area contributed by atoms with Crippen LogP contribution in [0.2, 0.25) is 5.02 Å². The first-order valence-electron chi connectivity index (χ1n) is 11.4. The molecule has 2 aliphatic rings. The second-order valence-corrected chi connectivity index (χ2v) is 9.19. The van der Waals surface area contributed by atoms with Crippen molar-refractivity contribution in [1.82, 2.24) is 0 Å². The Bertz CT molecular complexity index is 950. The Morgan fingerprint density at radius 1 is 1.03 bits per heavy atom. The van der Waals surface area contributed by atoms with Crippen molar-refractivity contribution in [2.24, 2.45) is 0 Å². The third kappa shape index (κ3) is 5.72. The molecule has 2 fully saturated rings. The topological polar surface area (TPSA) is 118 Å². The summed E-state index contributed by atoms with van der Waals surface area (Å²) >= 11 is 6.41. The number of methoxy groups -OCH3 is 1. The molecule has 0 bridgehead atoms. The molecule has 0 spiro atoms. The molecule has 0 radical (unpaired) electrons. The van der Waals surface area contributed by atoms with E-state index in [-0.39, 0.29) is 12.2 Å². The van der Waals surface area contributed by atoms with Crippen molar-refractivity contribution in [2.75, 3.05) is 26.9 Å². The van der Waals surface area contributed by atoms with Crippen molar-refractivity contribution in [1.29, 1.82) is 0 Å². The first kappa shape index (κ1) is 25.3. The molecule has 1 saturated heterocycles. The normalized spacial score (nSPS) is 29.2. The highest BCUT2D eigenvalue weighted by Crippen LogP contribution is 2.38. The van der Waals surface area contributed by atoms with Crippen LogP contribution in [0.3, 0.4) is 0 Å². The third-order valence-electron chi connectivity index (χ3n) is 6.12. The summed E-state index contributed by atoms with van der Waals surface area (Å²) in [6, 6.07) is 12.3. The van der Waals surface area contributed by atoms with E-state index in [1.165, 1.54) is 13.2 Å². The van der Waals surface area contributed by atoms with Crippen LogP contribution in [-0.4, -0.2) is 77.9 Å². The summed E-state index contributed by atoms with van der Waals surface area (Å²) < 4.78 is 21.9. The van der Waals surface area contributed by atoms with Gasteiger partial charge in [0.15, 0.2) is 0 Å². The van der Waals surface area contributed by atoms with Gasteiger partial charge in [0.25, 0.3) is 0 Å². The molecule has 9 heteroatoms. The van der Waals surface area contributed by atoms with Crippen molar-refractivity contribution in [3.63, 3.8) is 0 Å². The molecule has 1 saturated carbocycles. The second kappa shape index (κ2) is 10.9. The van der Waals surface area contributed by atoms with Gasteiger partial charge in [0.1, 0.15) is 36.8 Å². The Kier molecular flexibility index (Phi) is 8.12. The van der Waals surface area contributed by atoms with Gasteiger partial charge in [0.2, 0.25) is 5.79 Å². The zero-order chi connectivity index (χ0) is 24.3. The fourth-order valence-corrected chi connectivity index (χ4v) is 4.19. The summed E-state index contributed by atoms with van der Waals surface area (Å²) in [5, 5.41) is 42.6. The molecule has 1 aliphatic heterocycles. The first-order valence-corrected chi connectivity index (χ1v) is 11.7. The van der Waals surface area contributed by atoms with Crippen LogP contribution in [-0.2, 0) is 26.4 Å². The van der Waals surface area contributed by atoms with E-state index in [1.807, 2.05) is 24.3 Å². The van der Waals surface area contributed by atoms with Crippen molar-refractivity contribution in [3.8, 4) is 5.75 Å². The maximum atomic E-state index is 11.2. The molecule has 0 aromatic heterocycles. The Morgan fingerprint density at radius 2 is 1.76 bits per heavy atom. The molecule has 2 aromatic carbocycles. The lowest BCUT2D eigenvalue weighted by molar-refractivity contribution is -0.358. The van der Waals surface area contributed by atoms with E-state index in [4.69, 9.17) is 30.5 Å². The van der Waals surface area contributed by atoms with E-state index in [1.54, 1.807) is 12.1 Å². The smallest absolute Gasteiger partial charge is 0.222 e. The van der Waals surface area contributed by atoms with Gasteiger partial charge < -0.3 is 39.4 Å². The Hall–Kier alpha value is -1.75. The summed E-state index contributed by atoms with van der Waals surface area (Å²) in [7, 11) is 1.41. The fourth-order valence-electron chi connectivity index (χ4n) is 4.01. The standard InChI is InChI=1S/C25H31ClO8/c1-31-14-21-22(27)23(28)24(29)25(30,34-21)17-4-9-20(26)16(13-17)12-15-2-5-18(6-3-15)32-10-11-33-19-7-8-19/h2-6,9,13,19,21-24,27-30H,7-8,10-12,14H2,1H3. The molecule has 5 atom stereocenters. The molecule has 8 nitrogen and oxygen atoms in total. The van der Waals surface area contributed by atoms with Crippen molar-refractivity contribution in [2.45, 2.75) is 55.6 Å². The molecular weight excluding hydrogens is 464 g/mol. The molecule has 1 heterocycles. The van der Waals surface area contributed by atoms with E-state index in [2.05, 4.69) is 0 Å². The molecule has 186 valence electrons. The van der Waals surface area contributed by atoms with Gasteiger partial charge in [-0.15, -0.1) is 0 Å². The van der Waals surface area contributed by atoms with Gasteiger partial charge in [-0.2, -0.15) is 0 Å². The maximum absolute atomic E-state index is 11.2. The number of benzene rings is 2. The minimum atomic E-state index is -2.25. The highest BCUT2D eigenvalue weighted by molar-refractivity contribution is 6.31. The van der Waals surface area contributed by atoms with E-state index < -0.39 is 30.2 Å². The molecule has 4 rings (SSSR count). The van der Waals surface area contributed by atoms with Crippen LogP contribution in [0.4, 0.5) is 0 Å². The van der Waals surface area contributed by atoms with Crippen LogP contribution in [0.15, 0.2) is 42.5 Å². The number of halogens is 1. The monoisotopic (exact) mass is 494 g/mol. The lowest BCUT2D eigenvalue weighted by Gasteiger charge is -2.46. The largest absolute Gasteiger partial charge is 0.491 e. The van der Waals surface area contributed by atoms with Gasteiger partial charge in [0.05, 0.1) is 19.3 Å². The van der Waals surface area contributed by atoms with Crippen LogP contribution in [0.5, 0.6) is 5.75 Å². The summed E-state index contributed by atoms with van der Waals surface area (Å²) in [6.45, 7) is 0.993. The van der Waals surface area contributed by atoms with Crippen LogP contribution in [0.25, 0.3) is 0 Å². The highest BCUT2D eigenvalue weighted by atomic mass is 35.5. The van der Waals surface area contributed by atoms with Crippen LogP contribution in [0.1, 0.15) is 29.5 Å². The van der Waals surface area contributed by atoms with Gasteiger partial charge in [-0.25, -0.2) is 0 Å². The van der Waals surface area contributed by atoms with E-state index in [9.17, 15) is 20.4 Å². The van der Waals surface area contributed by atoms with Gasteiger partial charge in [-0.3, -0.25) is 0 Å². The molecule has 1 aliphatic carbocycles. The molecule has 5 unspecified atom stereocenters. The number of hydrogen-bond donors (Lipinski definition) is 4. The van der Waals surface area contributed by atoms with Crippen molar-refractivity contribution < 1.29 is 39.4 Å². The maximum Gasteiger partial charge on any atom is 0.222 e. The Morgan fingerprint density at radius 3 is 2.44 bits per heavy atom. The third-order valence-corrected chi connectivity index (χ3v) is 6.49. The van der Waals surface area contributed by atoms with Gasteiger partial charge in [0, 0.05) is 17.7 Å². The Labute approximate surface area is 203 Å².